The van der Waals surface area contributed by atoms with E-state index in [0.717, 1.165) is 25.9 Å². The minimum absolute atomic E-state index is 0.0837. The molecule has 236 valence electrons. The molecule has 5 rings (SSSR count). The summed E-state index contributed by atoms with van der Waals surface area (Å²) in [6.45, 7) is 13.7. The lowest BCUT2D eigenvalue weighted by atomic mass is 9.92. The molecule has 2 aromatic carbocycles. The summed E-state index contributed by atoms with van der Waals surface area (Å²) in [5.41, 5.74) is -0.0418. The fourth-order valence-electron chi connectivity index (χ4n) is 5.32. The van der Waals surface area contributed by atoms with Gasteiger partial charge in [0.25, 0.3) is 5.91 Å². The fourth-order valence-corrected chi connectivity index (χ4v) is 7.03. The van der Waals surface area contributed by atoms with Crippen LogP contribution in [0.5, 0.6) is 0 Å². The second-order valence-corrected chi connectivity index (χ2v) is 20.0. The van der Waals surface area contributed by atoms with E-state index in [9.17, 15) is 4.79 Å². The molecule has 1 N–H and O–H groups in total. The van der Waals surface area contributed by atoms with Gasteiger partial charge in [-0.15, -0.1) is 0 Å². The molecule has 2 aliphatic rings. The van der Waals surface area contributed by atoms with Crippen molar-refractivity contribution in [1.82, 2.24) is 15.2 Å². The van der Waals surface area contributed by atoms with Gasteiger partial charge in [0.15, 0.2) is 14.0 Å². The van der Waals surface area contributed by atoms with Gasteiger partial charge in [-0.25, -0.2) is 4.39 Å². The fraction of sp³-hybridized carbons (Fsp3) is 0.455. The normalized spacial score (nSPS) is 19.4. The SMILES string of the molecule is CC(C)(C)[Si](C)(C)OCCNCC1(COC2(c3ccc(Cl)cc3)c3c(F)cc(Br)cc3C(=O)N2Cc2ccc(Cl)cn2)CC1. The van der Waals surface area contributed by atoms with Crippen molar-refractivity contribution in [2.24, 2.45) is 5.41 Å². The van der Waals surface area contributed by atoms with Crippen molar-refractivity contribution in [3.63, 3.8) is 0 Å². The summed E-state index contributed by atoms with van der Waals surface area (Å²) >= 11 is 15.8. The Morgan fingerprint density at radius 2 is 1.77 bits per heavy atom. The molecule has 6 nitrogen and oxygen atoms in total. The minimum Gasteiger partial charge on any atom is -0.416 e. The number of pyridine rings is 1. The molecule has 11 heteroatoms. The highest BCUT2D eigenvalue weighted by Gasteiger charge is 2.56. The highest BCUT2D eigenvalue weighted by atomic mass is 79.9. The maximum atomic E-state index is 16.1. The third-order valence-electron chi connectivity index (χ3n) is 9.19. The Balaban J connectivity index is 1.44. The van der Waals surface area contributed by atoms with Crippen molar-refractivity contribution in [3.8, 4) is 0 Å². The van der Waals surface area contributed by atoms with E-state index in [1.165, 1.54) is 12.3 Å². The molecule has 0 saturated heterocycles. The first-order chi connectivity index (χ1) is 20.7. The molecular weight excluding hydrogens is 684 g/mol. The molecule has 1 atom stereocenters. The number of benzene rings is 2. The van der Waals surface area contributed by atoms with Crippen molar-refractivity contribution in [2.75, 3.05) is 26.3 Å². The average Bonchev–Trinajstić information content (AvgIpc) is 3.68. The first kappa shape index (κ1) is 33.5. The van der Waals surface area contributed by atoms with Crippen LogP contribution in [0, 0.1) is 11.2 Å². The molecule has 0 radical (unpaired) electrons. The molecular formula is C33H39BrCl2FN3O3Si. The van der Waals surface area contributed by atoms with E-state index >= 15 is 4.39 Å². The Morgan fingerprint density at radius 1 is 1.09 bits per heavy atom. The van der Waals surface area contributed by atoms with Gasteiger partial charge in [-0.2, -0.15) is 0 Å². The first-order valence-electron chi connectivity index (χ1n) is 14.8. The Hall–Kier alpha value is -1.85. The average molecular weight is 724 g/mol. The van der Waals surface area contributed by atoms with E-state index in [-0.39, 0.29) is 34.0 Å². The second-order valence-electron chi connectivity index (χ2n) is 13.4. The number of rotatable bonds is 12. The quantitative estimate of drug-likeness (QED) is 0.150. The summed E-state index contributed by atoms with van der Waals surface area (Å²) in [6, 6.07) is 13.6. The molecule has 1 saturated carbocycles. The molecule has 1 unspecified atom stereocenters. The first-order valence-corrected chi connectivity index (χ1v) is 19.3. The summed E-state index contributed by atoms with van der Waals surface area (Å²) in [4.78, 5) is 20.1. The number of hydrogen-bond acceptors (Lipinski definition) is 5. The van der Waals surface area contributed by atoms with E-state index in [1.807, 2.05) is 0 Å². The minimum atomic E-state index is -1.83. The number of fused-ring (bicyclic) bond motifs is 1. The summed E-state index contributed by atoms with van der Waals surface area (Å²) in [7, 11) is -1.83. The number of carbonyl (C=O) groups is 1. The van der Waals surface area contributed by atoms with E-state index in [1.54, 1.807) is 47.4 Å². The van der Waals surface area contributed by atoms with Gasteiger partial charge < -0.3 is 14.5 Å². The van der Waals surface area contributed by atoms with Crippen LogP contribution in [0.3, 0.4) is 0 Å². The van der Waals surface area contributed by atoms with Crippen LogP contribution in [-0.4, -0.2) is 50.4 Å². The molecule has 2 heterocycles. The molecule has 1 aliphatic carbocycles. The van der Waals surface area contributed by atoms with Crippen LogP contribution in [0.1, 0.15) is 60.8 Å². The third kappa shape index (κ3) is 6.80. The molecule has 44 heavy (non-hydrogen) atoms. The van der Waals surface area contributed by atoms with Crippen LogP contribution in [0.4, 0.5) is 4.39 Å². The molecule has 1 amide bonds. The van der Waals surface area contributed by atoms with Crippen molar-refractivity contribution >= 4 is 53.4 Å². The predicted octanol–water partition coefficient (Wildman–Crippen LogP) is 8.56. The van der Waals surface area contributed by atoms with Gasteiger partial charge in [-0.1, -0.05) is 72.0 Å². The van der Waals surface area contributed by atoms with Gasteiger partial charge in [0.1, 0.15) is 5.82 Å². The highest BCUT2D eigenvalue weighted by molar-refractivity contribution is 9.10. The van der Waals surface area contributed by atoms with Crippen LogP contribution in [0.2, 0.25) is 28.2 Å². The molecule has 1 aliphatic heterocycles. The summed E-state index contributed by atoms with van der Waals surface area (Å²) in [5, 5.41) is 4.73. The molecule has 1 aromatic heterocycles. The molecule has 3 aromatic rings. The van der Waals surface area contributed by atoms with Gasteiger partial charge in [0.2, 0.25) is 0 Å². The molecule has 1 fully saturated rings. The lowest BCUT2D eigenvalue weighted by molar-refractivity contribution is -0.126. The number of hydrogen-bond donors (Lipinski definition) is 1. The lowest BCUT2D eigenvalue weighted by Gasteiger charge is -2.40. The van der Waals surface area contributed by atoms with Gasteiger partial charge in [0.05, 0.1) is 35.0 Å². The van der Waals surface area contributed by atoms with Crippen molar-refractivity contribution < 1.29 is 18.3 Å². The van der Waals surface area contributed by atoms with Gasteiger partial charge >= 0.3 is 0 Å². The smallest absolute Gasteiger partial charge is 0.257 e. The maximum Gasteiger partial charge on any atom is 0.257 e. The van der Waals surface area contributed by atoms with Crippen molar-refractivity contribution in [2.45, 2.75) is 64.0 Å². The van der Waals surface area contributed by atoms with E-state index in [4.69, 9.17) is 32.4 Å². The molecule has 0 spiro atoms. The number of ether oxygens (including phenoxy) is 1. The number of halogens is 4. The van der Waals surface area contributed by atoms with E-state index < -0.39 is 19.9 Å². The zero-order valence-electron chi connectivity index (χ0n) is 25.8. The lowest BCUT2D eigenvalue weighted by Crippen LogP contribution is -2.48. The Bertz CT molecular complexity index is 1510. The third-order valence-corrected chi connectivity index (χ3v) is 14.7. The standard InChI is InChI=1S/C33H39BrCl2FN3O3Si/c1-31(2,3)44(4,5)43-15-14-38-20-32(12-13-32)21-42-33(22-6-8-24(35)9-7-22)29-27(16-23(34)17-28(29)37)30(41)40(33)19-26-11-10-25(36)18-39-26/h6-11,16-18,38H,12-15,19-21H2,1-5H3. The Morgan fingerprint density at radius 3 is 2.39 bits per heavy atom. The monoisotopic (exact) mass is 721 g/mol. The van der Waals surface area contributed by atoms with Crippen LogP contribution in [0.25, 0.3) is 0 Å². The van der Waals surface area contributed by atoms with E-state index in [2.05, 4.69) is 60.1 Å². The van der Waals surface area contributed by atoms with Crippen LogP contribution in [0.15, 0.2) is 59.2 Å². The van der Waals surface area contributed by atoms with Gasteiger partial charge in [0, 0.05) is 46.4 Å². The van der Waals surface area contributed by atoms with Crippen LogP contribution >= 0.6 is 39.1 Å². The van der Waals surface area contributed by atoms with Crippen molar-refractivity contribution in [1.29, 1.82) is 0 Å². The number of aromatic nitrogens is 1. The summed E-state index contributed by atoms with van der Waals surface area (Å²) < 4.78 is 29.8. The van der Waals surface area contributed by atoms with E-state index in [0.29, 0.717) is 39.0 Å². The van der Waals surface area contributed by atoms with Crippen LogP contribution < -0.4 is 5.32 Å². The van der Waals surface area contributed by atoms with Gasteiger partial charge in [-0.3, -0.25) is 14.7 Å². The zero-order valence-corrected chi connectivity index (χ0v) is 29.9. The van der Waals surface area contributed by atoms with Crippen molar-refractivity contribution in [3.05, 3.63) is 97.4 Å². The largest absolute Gasteiger partial charge is 0.416 e. The zero-order chi connectivity index (χ0) is 31.9. The van der Waals surface area contributed by atoms with Gasteiger partial charge in [-0.05, 0) is 67.4 Å². The maximum absolute atomic E-state index is 16.1. The number of carbonyl (C=O) groups excluding carboxylic acids is 1. The summed E-state index contributed by atoms with van der Waals surface area (Å²) in [6.07, 6.45) is 3.45. The van der Waals surface area contributed by atoms with Crippen LogP contribution in [-0.2, 0) is 21.4 Å². The second kappa shape index (κ2) is 12.7. The summed E-state index contributed by atoms with van der Waals surface area (Å²) in [5.74, 6) is -0.882. The number of amides is 1. The number of nitrogens with zero attached hydrogens (tertiary/aromatic N) is 2. The Labute approximate surface area is 278 Å². The topological polar surface area (TPSA) is 63.7 Å². The Kier molecular flexibility index (Phi) is 9.70. The predicted molar refractivity (Wildman–Crippen MR) is 179 cm³/mol. The molecule has 0 bridgehead atoms. The number of nitrogens with one attached hydrogen (secondary N) is 1. The highest BCUT2D eigenvalue weighted by Crippen LogP contribution is 2.52.